The predicted octanol–water partition coefficient (Wildman–Crippen LogP) is 3.52. The van der Waals surface area contributed by atoms with Crippen LogP contribution in [0.5, 0.6) is 5.75 Å². The largest absolute Gasteiger partial charge is 0.484 e. The number of ether oxygens (including phenoxy) is 1. The van der Waals surface area contributed by atoms with Crippen LogP contribution in [0.2, 0.25) is 10.0 Å². The molecule has 0 aliphatic rings. The third-order valence-corrected chi connectivity index (χ3v) is 3.20. The van der Waals surface area contributed by atoms with Crippen molar-refractivity contribution in [3.05, 3.63) is 64.1 Å². The number of hydrazone groups is 1. The predicted molar refractivity (Wildman–Crippen MR) is 84.1 cm³/mol. The van der Waals surface area contributed by atoms with Crippen molar-refractivity contribution >= 4 is 35.3 Å². The fourth-order valence-electron chi connectivity index (χ4n) is 1.47. The lowest BCUT2D eigenvalue weighted by molar-refractivity contribution is -0.123. The Morgan fingerprint density at radius 3 is 2.62 bits per heavy atom. The molecule has 2 rings (SSSR count). The minimum atomic E-state index is -0.352. The fraction of sp³-hybridized carbons (Fsp3) is 0.0667. The van der Waals surface area contributed by atoms with Crippen molar-refractivity contribution in [3.63, 3.8) is 0 Å². The first-order valence-electron chi connectivity index (χ1n) is 6.10. The topological polar surface area (TPSA) is 50.7 Å². The summed E-state index contributed by atoms with van der Waals surface area (Å²) in [6.45, 7) is -0.108. The van der Waals surface area contributed by atoms with Gasteiger partial charge in [-0.2, -0.15) is 5.10 Å². The normalized spacial score (nSPS) is 10.6. The lowest BCUT2D eigenvalue weighted by atomic mass is 10.2. The summed E-state index contributed by atoms with van der Waals surface area (Å²) in [6.07, 6.45) is 1.47. The molecule has 0 atom stereocenters. The van der Waals surface area contributed by atoms with E-state index in [0.29, 0.717) is 15.8 Å². The molecule has 0 saturated heterocycles. The van der Waals surface area contributed by atoms with Gasteiger partial charge in [-0.25, -0.2) is 5.43 Å². The highest BCUT2D eigenvalue weighted by atomic mass is 35.5. The Kier molecular flexibility index (Phi) is 5.60. The molecule has 0 bridgehead atoms. The number of para-hydroxylation sites is 1. The van der Waals surface area contributed by atoms with Crippen LogP contribution in [0.4, 0.5) is 0 Å². The van der Waals surface area contributed by atoms with Gasteiger partial charge in [-0.1, -0.05) is 47.5 Å². The van der Waals surface area contributed by atoms with Gasteiger partial charge >= 0.3 is 0 Å². The van der Waals surface area contributed by atoms with Crippen LogP contribution in [-0.2, 0) is 4.79 Å². The van der Waals surface area contributed by atoms with E-state index in [2.05, 4.69) is 10.5 Å². The summed E-state index contributed by atoms with van der Waals surface area (Å²) in [4.78, 5) is 11.5. The van der Waals surface area contributed by atoms with E-state index in [1.165, 1.54) is 6.21 Å². The molecule has 4 nitrogen and oxygen atoms in total. The van der Waals surface area contributed by atoms with Crippen molar-refractivity contribution in [2.75, 3.05) is 6.61 Å². The molecule has 0 fully saturated rings. The molecule has 1 amide bonds. The Morgan fingerprint density at radius 1 is 1.14 bits per heavy atom. The summed E-state index contributed by atoms with van der Waals surface area (Å²) < 4.78 is 5.28. The van der Waals surface area contributed by atoms with E-state index < -0.39 is 0 Å². The maximum absolute atomic E-state index is 11.5. The molecule has 0 radical (unpaired) electrons. The zero-order valence-corrected chi connectivity index (χ0v) is 12.4. The molecule has 21 heavy (non-hydrogen) atoms. The third kappa shape index (κ3) is 5.10. The van der Waals surface area contributed by atoms with Gasteiger partial charge in [0.05, 0.1) is 16.3 Å². The zero-order chi connectivity index (χ0) is 15.1. The number of amides is 1. The van der Waals surface area contributed by atoms with Crippen LogP contribution in [0, 0.1) is 0 Å². The van der Waals surface area contributed by atoms with E-state index in [1.54, 1.807) is 30.3 Å². The number of nitrogens with zero attached hydrogens (tertiary/aromatic N) is 1. The highest BCUT2D eigenvalue weighted by molar-refractivity contribution is 6.42. The van der Waals surface area contributed by atoms with Gasteiger partial charge in [0.15, 0.2) is 6.61 Å². The Balaban J connectivity index is 1.80. The van der Waals surface area contributed by atoms with Gasteiger partial charge in [-0.05, 0) is 29.8 Å². The van der Waals surface area contributed by atoms with Gasteiger partial charge in [0.1, 0.15) is 5.75 Å². The Bertz CT molecular complexity index is 645. The standard InChI is InChI=1S/C15H12Cl2N2O2/c16-13-7-6-11(8-14(13)17)9-18-19-15(20)10-21-12-4-2-1-3-5-12/h1-9H,10H2,(H,19,20)/b18-9+. The Labute approximate surface area is 132 Å². The number of halogens is 2. The first-order chi connectivity index (χ1) is 10.1. The zero-order valence-electron chi connectivity index (χ0n) is 10.9. The number of hydrogen-bond donors (Lipinski definition) is 1. The minimum absolute atomic E-state index is 0.108. The van der Waals surface area contributed by atoms with E-state index in [4.69, 9.17) is 27.9 Å². The van der Waals surface area contributed by atoms with Gasteiger partial charge in [-0.15, -0.1) is 0 Å². The number of rotatable bonds is 5. The van der Waals surface area contributed by atoms with Crippen LogP contribution in [0.3, 0.4) is 0 Å². The molecule has 0 aromatic heterocycles. The van der Waals surface area contributed by atoms with Gasteiger partial charge in [0.25, 0.3) is 5.91 Å². The van der Waals surface area contributed by atoms with Crippen LogP contribution < -0.4 is 10.2 Å². The van der Waals surface area contributed by atoms with Crippen LogP contribution in [-0.4, -0.2) is 18.7 Å². The lowest BCUT2D eigenvalue weighted by Crippen LogP contribution is -2.24. The van der Waals surface area contributed by atoms with Crippen molar-refractivity contribution in [1.29, 1.82) is 0 Å². The molecule has 2 aromatic rings. The monoisotopic (exact) mass is 322 g/mol. The summed E-state index contributed by atoms with van der Waals surface area (Å²) >= 11 is 11.7. The van der Waals surface area contributed by atoms with E-state index >= 15 is 0 Å². The van der Waals surface area contributed by atoms with Crippen LogP contribution >= 0.6 is 23.2 Å². The molecule has 2 aromatic carbocycles. The van der Waals surface area contributed by atoms with Gasteiger partial charge in [0.2, 0.25) is 0 Å². The summed E-state index contributed by atoms with van der Waals surface area (Å²) in [5, 5.41) is 4.72. The smallest absolute Gasteiger partial charge is 0.277 e. The van der Waals surface area contributed by atoms with Gasteiger partial charge in [0, 0.05) is 0 Å². The summed E-state index contributed by atoms with van der Waals surface area (Å²) in [5.41, 5.74) is 3.10. The molecule has 0 aliphatic heterocycles. The molecule has 0 spiro atoms. The van der Waals surface area contributed by atoms with Crippen molar-refractivity contribution in [1.82, 2.24) is 5.43 Å². The van der Waals surface area contributed by atoms with E-state index in [-0.39, 0.29) is 12.5 Å². The average molecular weight is 323 g/mol. The Morgan fingerprint density at radius 2 is 1.90 bits per heavy atom. The highest BCUT2D eigenvalue weighted by Gasteiger charge is 2.01. The maximum atomic E-state index is 11.5. The minimum Gasteiger partial charge on any atom is -0.484 e. The average Bonchev–Trinajstić information content (AvgIpc) is 2.50. The summed E-state index contributed by atoms with van der Waals surface area (Å²) in [5.74, 6) is 0.274. The van der Waals surface area contributed by atoms with Crippen molar-refractivity contribution < 1.29 is 9.53 Å². The van der Waals surface area contributed by atoms with E-state index in [1.807, 2.05) is 18.2 Å². The van der Waals surface area contributed by atoms with Crippen molar-refractivity contribution in [2.24, 2.45) is 5.10 Å². The molecule has 6 heteroatoms. The lowest BCUT2D eigenvalue weighted by Gasteiger charge is -2.04. The SMILES string of the molecule is O=C(COc1ccccc1)N/N=C/c1ccc(Cl)c(Cl)c1. The fourth-order valence-corrected chi connectivity index (χ4v) is 1.78. The molecule has 0 unspecified atom stereocenters. The summed E-state index contributed by atoms with van der Waals surface area (Å²) in [7, 11) is 0. The van der Waals surface area contributed by atoms with Crippen LogP contribution in [0.15, 0.2) is 53.6 Å². The molecule has 0 heterocycles. The maximum Gasteiger partial charge on any atom is 0.277 e. The first-order valence-corrected chi connectivity index (χ1v) is 6.85. The summed E-state index contributed by atoms with van der Waals surface area (Å²) in [6, 6.07) is 14.1. The molecule has 108 valence electrons. The molecule has 0 saturated carbocycles. The van der Waals surface area contributed by atoms with Crippen LogP contribution in [0.1, 0.15) is 5.56 Å². The van der Waals surface area contributed by atoms with E-state index in [0.717, 1.165) is 5.56 Å². The Hall–Kier alpha value is -2.04. The second-order valence-corrected chi connectivity index (χ2v) is 4.88. The second-order valence-electron chi connectivity index (χ2n) is 4.07. The highest BCUT2D eigenvalue weighted by Crippen LogP contribution is 2.21. The number of nitrogens with one attached hydrogen (secondary N) is 1. The van der Waals surface area contributed by atoms with Gasteiger partial charge in [-0.3, -0.25) is 4.79 Å². The van der Waals surface area contributed by atoms with Gasteiger partial charge < -0.3 is 4.74 Å². The molecule has 0 aliphatic carbocycles. The second kappa shape index (κ2) is 7.67. The molecule has 1 N–H and O–H groups in total. The molecular formula is C15H12Cl2N2O2. The van der Waals surface area contributed by atoms with E-state index in [9.17, 15) is 4.79 Å². The van der Waals surface area contributed by atoms with Crippen molar-refractivity contribution in [3.8, 4) is 5.75 Å². The number of carbonyl (C=O) groups excluding carboxylic acids is 1. The quantitative estimate of drug-likeness (QED) is 0.676. The third-order valence-electron chi connectivity index (χ3n) is 2.46. The van der Waals surface area contributed by atoms with Crippen LogP contribution in [0.25, 0.3) is 0 Å². The number of hydrogen-bond acceptors (Lipinski definition) is 3. The first kappa shape index (κ1) is 15.4. The molecular weight excluding hydrogens is 311 g/mol. The van der Waals surface area contributed by atoms with Crippen molar-refractivity contribution in [2.45, 2.75) is 0 Å². The number of carbonyl (C=O) groups is 1. The number of benzene rings is 2.